The molecule has 0 aromatic rings. The molecular weight excluding hydrogens is 156 g/mol. The van der Waals surface area contributed by atoms with Crippen molar-refractivity contribution in [1.29, 1.82) is 0 Å². The van der Waals surface area contributed by atoms with Crippen molar-refractivity contribution in [3.8, 4) is 0 Å². The molecule has 0 atom stereocenters. The van der Waals surface area contributed by atoms with Crippen LogP contribution in [0.4, 0.5) is 0 Å². The number of rotatable bonds is 3. The molecule has 4 heteroatoms. The second kappa shape index (κ2) is 11.5. The molecule has 0 aliphatic carbocycles. The molecule has 0 aliphatic heterocycles. The largest absolute Gasteiger partial charge is 0.480 e. The Hall–Kier alpha value is -0.280. The summed E-state index contributed by atoms with van der Waals surface area (Å²) in [6.07, 6.45) is 0. The number of carboxylic acid groups (broad SMARTS) is 1. The Labute approximate surface area is 65.9 Å². The van der Waals surface area contributed by atoms with Crippen LogP contribution in [0.25, 0.3) is 0 Å². The third-order valence-corrected chi connectivity index (χ3v) is 0.751. The van der Waals surface area contributed by atoms with Crippen LogP contribution in [-0.4, -0.2) is 30.2 Å². The van der Waals surface area contributed by atoms with Crippen LogP contribution in [0, 0.1) is 0 Å². The SMILES string of the molecule is CCOCC.O=C(O)CCl. The molecule has 10 heavy (non-hydrogen) atoms. The number of carbonyl (C=O) groups is 1. The molecule has 0 aliphatic rings. The summed E-state index contributed by atoms with van der Waals surface area (Å²) in [6, 6.07) is 0. The quantitative estimate of drug-likeness (QED) is 0.648. The predicted octanol–water partition coefficient (Wildman–Crippen LogP) is 1.35. The van der Waals surface area contributed by atoms with E-state index in [2.05, 4.69) is 0 Å². The molecular formula is C6H13ClO3. The minimum atomic E-state index is -0.980. The van der Waals surface area contributed by atoms with Crippen molar-refractivity contribution in [3.63, 3.8) is 0 Å². The summed E-state index contributed by atoms with van der Waals surface area (Å²) in [4.78, 5) is 9.24. The minimum absolute atomic E-state index is 0.306. The lowest BCUT2D eigenvalue weighted by atomic mass is 10.8. The molecule has 1 N–H and O–H groups in total. The van der Waals surface area contributed by atoms with Gasteiger partial charge in [0.05, 0.1) is 0 Å². The van der Waals surface area contributed by atoms with Gasteiger partial charge in [-0.05, 0) is 13.8 Å². The second-order valence-electron chi connectivity index (χ2n) is 1.31. The topological polar surface area (TPSA) is 46.5 Å². The Bertz CT molecular complexity index is 73.4. The Morgan fingerprint density at radius 2 is 1.80 bits per heavy atom. The van der Waals surface area contributed by atoms with Gasteiger partial charge in [0.2, 0.25) is 0 Å². The lowest BCUT2D eigenvalue weighted by Crippen LogP contribution is -1.92. The minimum Gasteiger partial charge on any atom is -0.480 e. The first-order valence-electron chi connectivity index (χ1n) is 3.04. The van der Waals surface area contributed by atoms with Gasteiger partial charge < -0.3 is 9.84 Å². The first-order chi connectivity index (χ1) is 4.68. The fraction of sp³-hybridized carbons (Fsp3) is 0.833. The molecule has 0 fully saturated rings. The fourth-order valence-corrected chi connectivity index (χ4v) is 0.204. The lowest BCUT2D eigenvalue weighted by molar-refractivity contribution is -0.134. The molecule has 0 saturated heterocycles. The van der Waals surface area contributed by atoms with Crippen LogP contribution in [0.2, 0.25) is 0 Å². The number of carboxylic acids is 1. The van der Waals surface area contributed by atoms with Crippen molar-refractivity contribution in [2.75, 3.05) is 19.1 Å². The first-order valence-corrected chi connectivity index (χ1v) is 3.57. The fourth-order valence-electron chi connectivity index (χ4n) is 0.204. The maximum atomic E-state index is 9.24. The highest BCUT2D eigenvalue weighted by Crippen LogP contribution is 1.67. The van der Waals surface area contributed by atoms with Crippen LogP contribution >= 0.6 is 11.6 Å². The van der Waals surface area contributed by atoms with E-state index in [1.807, 2.05) is 13.8 Å². The zero-order valence-electron chi connectivity index (χ0n) is 6.26. The van der Waals surface area contributed by atoms with E-state index in [1.165, 1.54) is 0 Å². The molecule has 0 aromatic carbocycles. The average molecular weight is 169 g/mol. The van der Waals surface area contributed by atoms with Gasteiger partial charge in [-0.3, -0.25) is 4.79 Å². The third kappa shape index (κ3) is 25.2. The highest BCUT2D eigenvalue weighted by molar-refractivity contribution is 6.26. The van der Waals surface area contributed by atoms with E-state index >= 15 is 0 Å². The third-order valence-electron chi connectivity index (χ3n) is 0.523. The van der Waals surface area contributed by atoms with Gasteiger partial charge >= 0.3 is 5.97 Å². The number of alkyl halides is 1. The maximum absolute atomic E-state index is 9.24. The maximum Gasteiger partial charge on any atom is 0.318 e. The normalized spacial score (nSPS) is 7.90. The van der Waals surface area contributed by atoms with E-state index in [1.54, 1.807) is 0 Å². The van der Waals surface area contributed by atoms with Gasteiger partial charge in [0.1, 0.15) is 5.88 Å². The van der Waals surface area contributed by atoms with E-state index in [9.17, 15) is 4.79 Å². The molecule has 0 radical (unpaired) electrons. The van der Waals surface area contributed by atoms with Gasteiger partial charge in [-0.1, -0.05) is 0 Å². The molecule has 0 spiro atoms. The lowest BCUT2D eigenvalue weighted by Gasteiger charge is -1.86. The van der Waals surface area contributed by atoms with Gasteiger partial charge in [-0.15, -0.1) is 11.6 Å². The molecule has 0 saturated carbocycles. The molecule has 0 heterocycles. The van der Waals surface area contributed by atoms with Gasteiger partial charge in [-0.25, -0.2) is 0 Å². The van der Waals surface area contributed by atoms with Crippen molar-refractivity contribution in [2.45, 2.75) is 13.8 Å². The molecule has 0 amide bonds. The van der Waals surface area contributed by atoms with Crippen LogP contribution in [0.1, 0.15) is 13.8 Å². The summed E-state index contributed by atoms with van der Waals surface area (Å²) in [7, 11) is 0. The summed E-state index contributed by atoms with van der Waals surface area (Å²) in [5, 5.41) is 7.59. The summed E-state index contributed by atoms with van der Waals surface area (Å²) >= 11 is 4.74. The van der Waals surface area contributed by atoms with Crippen molar-refractivity contribution < 1.29 is 14.6 Å². The van der Waals surface area contributed by atoms with Crippen molar-refractivity contribution >= 4 is 17.6 Å². The first kappa shape index (κ1) is 12.4. The van der Waals surface area contributed by atoms with E-state index in [0.29, 0.717) is 0 Å². The van der Waals surface area contributed by atoms with Gasteiger partial charge in [0.15, 0.2) is 0 Å². The number of halogens is 1. The van der Waals surface area contributed by atoms with Crippen molar-refractivity contribution in [2.24, 2.45) is 0 Å². The Morgan fingerprint density at radius 1 is 1.50 bits per heavy atom. The van der Waals surface area contributed by atoms with Gasteiger partial charge in [0.25, 0.3) is 0 Å². The van der Waals surface area contributed by atoms with Crippen LogP contribution < -0.4 is 0 Å². The molecule has 62 valence electrons. The van der Waals surface area contributed by atoms with Crippen LogP contribution in [0.15, 0.2) is 0 Å². The highest BCUT2D eigenvalue weighted by atomic mass is 35.5. The van der Waals surface area contributed by atoms with Gasteiger partial charge in [-0.2, -0.15) is 0 Å². The van der Waals surface area contributed by atoms with E-state index in [0.717, 1.165) is 13.2 Å². The Balaban J connectivity index is 0. The molecule has 0 unspecified atom stereocenters. The Kier molecular flexibility index (Phi) is 14.3. The monoisotopic (exact) mass is 168 g/mol. The number of hydrogen-bond acceptors (Lipinski definition) is 2. The molecule has 0 aromatic heterocycles. The van der Waals surface area contributed by atoms with Gasteiger partial charge in [0, 0.05) is 13.2 Å². The van der Waals surface area contributed by atoms with Crippen molar-refractivity contribution in [1.82, 2.24) is 0 Å². The van der Waals surface area contributed by atoms with E-state index in [-0.39, 0.29) is 5.88 Å². The van der Waals surface area contributed by atoms with Crippen LogP contribution in [-0.2, 0) is 9.53 Å². The number of aliphatic carboxylic acids is 1. The highest BCUT2D eigenvalue weighted by Gasteiger charge is 1.83. The summed E-state index contributed by atoms with van der Waals surface area (Å²) in [5.41, 5.74) is 0. The number of ether oxygens (including phenoxy) is 1. The smallest absolute Gasteiger partial charge is 0.318 e. The van der Waals surface area contributed by atoms with E-state index < -0.39 is 5.97 Å². The average Bonchev–Trinajstić information content (AvgIpc) is 1.91. The molecule has 0 rings (SSSR count). The zero-order chi connectivity index (χ0) is 8.41. The molecule has 3 nitrogen and oxygen atoms in total. The van der Waals surface area contributed by atoms with Crippen LogP contribution in [0.3, 0.4) is 0 Å². The summed E-state index contributed by atoms with van der Waals surface area (Å²) < 4.78 is 4.83. The number of hydrogen-bond donors (Lipinski definition) is 1. The molecule has 0 bridgehead atoms. The zero-order valence-corrected chi connectivity index (χ0v) is 7.02. The van der Waals surface area contributed by atoms with Crippen molar-refractivity contribution in [3.05, 3.63) is 0 Å². The standard InChI is InChI=1S/C4H10O.C2H3ClO2/c1-3-5-4-2;3-1-2(4)5/h3-4H2,1-2H3;1H2,(H,4,5). The van der Waals surface area contributed by atoms with Crippen LogP contribution in [0.5, 0.6) is 0 Å². The Morgan fingerprint density at radius 3 is 1.80 bits per heavy atom. The summed E-state index contributed by atoms with van der Waals surface area (Å²) in [5.74, 6) is -1.29. The van der Waals surface area contributed by atoms with E-state index in [4.69, 9.17) is 21.4 Å². The summed E-state index contributed by atoms with van der Waals surface area (Å²) in [6.45, 7) is 5.67. The predicted molar refractivity (Wildman–Crippen MR) is 40.5 cm³/mol. The second-order valence-corrected chi connectivity index (χ2v) is 1.58.